The van der Waals surface area contributed by atoms with E-state index in [0.29, 0.717) is 40.8 Å². The molecular weight excluding hydrogens is 1770 g/mol. The van der Waals surface area contributed by atoms with Gasteiger partial charge in [-0.05, 0) is 304 Å². The molecule has 18 aromatic carbocycles. The lowest BCUT2D eigenvalue weighted by Crippen LogP contribution is -2.14. The van der Waals surface area contributed by atoms with Crippen molar-refractivity contribution >= 4 is 32.3 Å². The van der Waals surface area contributed by atoms with E-state index in [1.165, 1.54) is 105 Å². The molecule has 0 saturated carbocycles. The van der Waals surface area contributed by atoms with Gasteiger partial charge in [0.15, 0.2) is 0 Å². The van der Waals surface area contributed by atoms with Crippen molar-refractivity contribution < 1.29 is 30.6 Å². The molecule has 6 heteroatoms. The summed E-state index contributed by atoms with van der Waals surface area (Å²) in [7, 11) is 0. The number of rotatable bonds is 18. The second-order valence-corrected chi connectivity index (χ2v) is 40.7. The Hall–Kier alpha value is -14.5. The van der Waals surface area contributed by atoms with Gasteiger partial charge < -0.3 is 30.6 Å². The zero-order chi connectivity index (χ0) is 106. The predicted octanol–water partition coefficient (Wildman–Crippen LogP) is 37.6. The number of hydrogen-bond acceptors (Lipinski definition) is 6. The van der Waals surface area contributed by atoms with E-state index in [4.69, 9.17) is 0 Å². The average molecular weight is 1920 g/mol. The molecule has 18 aromatic rings. The predicted molar refractivity (Wildman–Crippen MR) is 622 cm³/mol. The minimum Gasteiger partial charge on any atom is -0.508 e. The smallest absolute Gasteiger partial charge is 0.121 e. The lowest BCUT2D eigenvalue weighted by molar-refractivity contribution is 0.456. The lowest BCUT2D eigenvalue weighted by Gasteiger charge is -2.27. The molecule has 0 heterocycles. The van der Waals surface area contributed by atoms with Crippen molar-refractivity contribution in [2.75, 3.05) is 0 Å². The highest BCUT2D eigenvalue weighted by Gasteiger charge is 2.30. The topological polar surface area (TPSA) is 121 Å². The third kappa shape index (κ3) is 30.1. The van der Waals surface area contributed by atoms with Crippen LogP contribution in [0.1, 0.15) is 316 Å². The first kappa shape index (κ1) is 113. The van der Waals surface area contributed by atoms with Gasteiger partial charge in [-0.25, -0.2) is 0 Å². The van der Waals surface area contributed by atoms with Crippen LogP contribution in [0.25, 0.3) is 32.3 Å². The molecule has 0 aliphatic rings. The summed E-state index contributed by atoms with van der Waals surface area (Å²) in [5.41, 5.74) is 31.6. The summed E-state index contributed by atoms with van der Waals surface area (Å²) < 4.78 is 0. The van der Waals surface area contributed by atoms with Gasteiger partial charge in [0.1, 0.15) is 34.5 Å². The average Bonchev–Trinajstić information content (AvgIpc) is 0.767. The number of aryl methyl sites for hydroxylation is 8. The van der Waals surface area contributed by atoms with Crippen LogP contribution in [-0.4, -0.2) is 30.6 Å². The molecule has 0 aromatic heterocycles. The van der Waals surface area contributed by atoms with Gasteiger partial charge in [-0.2, -0.15) is 0 Å². The molecule has 0 bridgehead atoms. The van der Waals surface area contributed by atoms with E-state index in [1.54, 1.807) is 12.1 Å². The van der Waals surface area contributed by atoms with Crippen molar-refractivity contribution in [3.63, 3.8) is 0 Å². The van der Waals surface area contributed by atoms with Crippen molar-refractivity contribution in [2.45, 2.75) is 246 Å². The van der Waals surface area contributed by atoms with Crippen molar-refractivity contribution in [3.05, 3.63) is 532 Å². The van der Waals surface area contributed by atoms with E-state index in [9.17, 15) is 30.6 Å². The molecule has 6 nitrogen and oxygen atoms in total. The van der Waals surface area contributed by atoms with Gasteiger partial charge in [0.05, 0.1) is 0 Å². The molecule has 0 saturated heterocycles. The summed E-state index contributed by atoms with van der Waals surface area (Å²) in [6.45, 7) is 54.0. The Kier molecular flexibility index (Phi) is 41.3. The summed E-state index contributed by atoms with van der Waals surface area (Å²) in [6.07, 6.45) is 3.01. The fraction of sp³-hybridized carbons (Fsp3) is 0.266. The van der Waals surface area contributed by atoms with E-state index >= 15 is 0 Å². The number of benzene rings is 18. The van der Waals surface area contributed by atoms with Gasteiger partial charge in [0.25, 0.3) is 0 Å². The number of phenolic OH excluding ortho intramolecular Hbond substituents is 6. The normalized spacial score (nSPS) is 11.0. The summed E-state index contributed by atoms with van der Waals surface area (Å²) in [6, 6.07) is 131. The van der Waals surface area contributed by atoms with E-state index < -0.39 is 0 Å². The van der Waals surface area contributed by atoms with Crippen LogP contribution < -0.4 is 0 Å². The van der Waals surface area contributed by atoms with Crippen molar-refractivity contribution in [1.29, 1.82) is 0 Å². The van der Waals surface area contributed by atoms with Crippen molar-refractivity contribution in [3.8, 4) is 34.5 Å². The first-order valence-corrected chi connectivity index (χ1v) is 52.1. The molecule has 0 amide bonds. The Morgan fingerprint density at radius 3 is 0.710 bits per heavy atom. The fourth-order valence-electron chi connectivity index (χ4n) is 18.7. The first-order chi connectivity index (χ1) is 69.5. The molecule has 0 unspecified atom stereocenters. The Morgan fingerprint density at radius 1 is 0.200 bits per heavy atom. The highest BCUT2D eigenvalue weighted by molar-refractivity contribution is 5.88. The maximum absolute atomic E-state index is 11.0. The van der Waals surface area contributed by atoms with Crippen LogP contribution in [0.5, 0.6) is 34.5 Å². The molecule has 750 valence electrons. The minimum atomic E-state index is -0.277. The van der Waals surface area contributed by atoms with Crippen molar-refractivity contribution in [2.24, 2.45) is 0 Å². The number of phenols is 6. The Bertz CT molecular complexity index is 6640. The Balaban J connectivity index is 0.000000179. The van der Waals surface area contributed by atoms with Gasteiger partial charge in [0.2, 0.25) is 0 Å². The molecule has 0 spiro atoms. The number of fused-ring (bicyclic) bond motifs is 3. The van der Waals surface area contributed by atoms with E-state index in [-0.39, 0.29) is 40.1 Å². The van der Waals surface area contributed by atoms with E-state index in [0.717, 1.165) is 103 Å². The molecule has 0 aliphatic carbocycles. The molecule has 145 heavy (non-hydrogen) atoms. The second-order valence-electron chi connectivity index (χ2n) is 40.7. The Morgan fingerprint density at radius 2 is 0.441 bits per heavy atom. The van der Waals surface area contributed by atoms with Gasteiger partial charge in [-0.1, -0.05) is 476 Å². The first-order valence-electron chi connectivity index (χ1n) is 52.1. The van der Waals surface area contributed by atoms with Crippen LogP contribution in [0.2, 0.25) is 0 Å². The van der Waals surface area contributed by atoms with Crippen LogP contribution in [-0.2, 0) is 30.1 Å². The van der Waals surface area contributed by atoms with Crippen LogP contribution >= 0.6 is 0 Å². The molecule has 0 fully saturated rings. The number of aromatic hydroxyl groups is 6. The third-order valence-corrected chi connectivity index (χ3v) is 27.1. The largest absolute Gasteiger partial charge is 0.508 e. The monoisotopic (exact) mass is 1920 g/mol. The summed E-state index contributed by atoms with van der Waals surface area (Å²) in [5.74, 6) is 3.09. The van der Waals surface area contributed by atoms with Gasteiger partial charge >= 0.3 is 0 Å². The van der Waals surface area contributed by atoms with Crippen LogP contribution in [0.15, 0.2) is 376 Å². The van der Waals surface area contributed by atoms with Crippen LogP contribution in [0.4, 0.5) is 0 Å². The van der Waals surface area contributed by atoms with Gasteiger partial charge in [0, 0.05) is 28.9 Å². The molecule has 0 atom stereocenters. The SMILES string of the molecule is CC.CC.CC.CC(C)c1ccc(C(c2cc(C(C)(C)C)ccc2O)c2cc(C(C)(C)C)ccc2O)cc1.Cc1cc(C(c2ccc(C(C)C)cc2)c2cc(C)c(O)c(C)c2)cc(C)c1O.Cc1cc(C(c2ccc(C(C)C)cc2)c2cc(C)c(O)cc2C)c(C)cc1O.c1ccc(Cc2cccc3ccccc23)cc1.c1ccc(Cc2cccc3ccccc23)cc1.c1ccc(Cc2cccc3ccccc23)cc1. The summed E-state index contributed by atoms with van der Waals surface area (Å²) in [5, 5.41) is 70.8. The highest BCUT2D eigenvalue weighted by atomic mass is 16.3. The molecule has 6 N–H and O–H groups in total. The number of hydrogen-bond donors (Lipinski definition) is 6. The zero-order valence-corrected chi connectivity index (χ0v) is 91.1. The Labute approximate surface area is 869 Å². The fourth-order valence-corrected chi connectivity index (χ4v) is 18.7. The quantitative estimate of drug-likeness (QED) is 0.0476. The summed E-state index contributed by atoms with van der Waals surface area (Å²) in [4.78, 5) is 0. The molecule has 0 radical (unpaired) electrons. The third-order valence-electron chi connectivity index (χ3n) is 27.1. The van der Waals surface area contributed by atoms with Gasteiger partial charge in [-0.15, -0.1) is 0 Å². The minimum absolute atomic E-state index is 0.0391. The maximum atomic E-state index is 11.0. The van der Waals surface area contributed by atoms with Crippen LogP contribution in [0.3, 0.4) is 0 Å². The molecular formula is C139H158O6. The van der Waals surface area contributed by atoms with Crippen LogP contribution in [0, 0.1) is 55.4 Å². The highest BCUT2D eigenvalue weighted by Crippen LogP contribution is 2.47. The van der Waals surface area contributed by atoms with E-state index in [1.807, 2.05) is 121 Å². The van der Waals surface area contributed by atoms with Gasteiger partial charge in [-0.3, -0.25) is 0 Å². The van der Waals surface area contributed by atoms with E-state index in [2.05, 4.69) is 423 Å². The maximum Gasteiger partial charge on any atom is 0.121 e. The zero-order valence-electron chi connectivity index (χ0n) is 91.1. The second kappa shape index (κ2) is 53.2. The van der Waals surface area contributed by atoms with Crippen molar-refractivity contribution in [1.82, 2.24) is 0 Å². The summed E-state index contributed by atoms with van der Waals surface area (Å²) >= 11 is 0. The lowest BCUT2D eigenvalue weighted by atomic mass is 9.78. The molecule has 0 aliphatic heterocycles. The molecule has 18 rings (SSSR count). The standard InChI is InChI=1S/C30H38O2.2C26H30O2.3C17H14.3C2H6/c1-19(2)20-9-11-21(12-10-20)28(24-17-22(29(3,4)5)13-15-26(24)31)25-18-23(30(6,7)8)14-16-27(25)32;1-15(2)20-7-9-21(10-8-20)26(22-11-18(5)24(27)13-16(22)3)23-12-19(6)25(28)14-17(23)4;1-15(2)20-7-9-21(10-8-20)24(22-11-16(3)25(27)17(4)12-22)23-13-18(5)26(28)19(6)14-23;3*1-2-7-14(8-3-1)13-16-11-6-10-15-9-4-5-12-17(15)16;3*1-2/h9-19,28,31-32H,1-8H3;7-15,26-28H,1-6H3;7-15,24,27-28H,1-6H3;3*1-12H,13H2;3*1-2H3.